The molecule has 118 valence electrons. The molecule has 0 heterocycles. The molecule has 0 amide bonds. The molecule has 7 heteroatoms. The molecule has 0 aromatic heterocycles. The standard InChI is InChI=1S/C14H23N3O3S/c1-4-16(5-2)11-6-12-21(20,15-3)14-9-7-13(8-10-14)17(18)19/h7-10H,4-6,11-12H2,1-3H3. The fourth-order valence-electron chi connectivity index (χ4n) is 2.12. The number of nitro benzene ring substituents is 1. The molecule has 0 radical (unpaired) electrons. The Hall–Kier alpha value is -1.47. The van der Waals surface area contributed by atoms with Gasteiger partial charge in [-0.15, -0.1) is 0 Å². The van der Waals surface area contributed by atoms with Gasteiger partial charge in [-0.25, -0.2) is 8.57 Å². The summed E-state index contributed by atoms with van der Waals surface area (Å²) in [6.07, 6.45) is 0.787. The third-order valence-electron chi connectivity index (χ3n) is 3.50. The van der Waals surface area contributed by atoms with Crippen LogP contribution in [-0.4, -0.2) is 46.5 Å². The van der Waals surface area contributed by atoms with Crippen LogP contribution < -0.4 is 0 Å². The highest BCUT2D eigenvalue weighted by Crippen LogP contribution is 2.19. The summed E-state index contributed by atoms with van der Waals surface area (Å²) in [5.41, 5.74) is -0.000237. The summed E-state index contributed by atoms with van der Waals surface area (Å²) in [7, 11) is -0.942. The lowest BCUT2D eigenvalue weighted by molar-refractivity contribution is -0.384. The van der Waals surface area contributed by atoms with Crippen molar-refractivity contribution in [3.8, 4) is 0 Å². The van der Waals surface area contributed by atoms with Crippen LogP contribution in [0.2, 0.25) is 0 Å². The van der Waals surface area contributed by atoms with Gasteiger partial charge >= 0.3 is 0 Å². The van der Waals surface area contributed by atoms with Crippen molar-refractivity contribution in [3.05, 3.63) is 34.4 Å². The van der Waals surface area contributed by atoms with Gasteiger partial charge in [0.2, 0.25) is 0 Å². The smallest absolute Gasteiger partial charge is 0.269 e. The predicted octanol–water partition coefficient (Wildman–Crippen LogP) is 2.78. The van der Waals surface area contributed by atoms with Crippen molar-refractivity contribution in [2.45, 2.75) is 25.2 Å². The predicted molar refractivity (Wildman–Crippen MR) is 85.1 cm³/mol. The van der Waals surface area contributed by atoms with E-state index in [1.807, 2.05) is 0 Å². The zero-order valence-corrected chi connectivity index (χ0v) is 13.6. The first-order chi connectivity index (χ1) is 9.96. The molecule has 1 aromatic carbocycles. The molecule has 0 saturated carbocycles. The van der Waals surface area contributed by atoms with E-state index in [2.05, 4.69) is 23.1 Å². The van der Waals surface area contributed by atoms with Gasteiger partial charge in [0.1, 0.15) is 0 Å². The molecule has 6 nitrogen and oxygen atoms in total. The quantitative estimate of drug-likeness (QED) is 0.546. The second-order valence-corrected chi connectivity index (χ2v) is 7.18. The maximum Gasteiger partial charge on any atom is 0.269 e. The number of benzene rings is 1. The van der Waals surface area contributed by atoms with Gasteiger partial charge in [0.25, 0.3) is 5.69 Å². The second-order valence-electron chi connectivity index (χ2n) is 4.66. The number of rotatable bonds is 8. The summed E-state index contributed by atoms with van der Waals surface area (Å²) in [5.74, 6) is 0.470. The van der Waals surface area contributed by atoms with Crippen molar-refractivity contribution in [1.29, 1.82) is 0 Å². The van der Waals surface area contributed by atoms with E-state index in [0.717, 1.165) is 26.1 Å². The van der Waals surface area contributed by atoms with Crippen molar-refractivity contribution < 1.29 is 9.13 Å². The Morgan fingerprint density at radius 2 is 1.81 bits per heavy atom. The van der Waals surface area contributed by atoms with Crippen LogP contribution in [0.5, 0.6) is 0 Å². The molecule has 1 atom stereocenters. The highest BCUT2D eigenvalue weighted by Gasteiger charge is 2.14. The molecular weight excluding hydrogens is 290 g/mol. The van der Waals surface area contributed by atoms with Crippen LogP contribution in [0.1, 0.15) is 20.3 Å². The number of nitrogens with zero attached hydrogens (tertiary/aromatic N) is 3. The lowest BCUT2D eigenvalue weighted by Crippen LogP contribution is -2.25. The van der Waals surface area contributed by atoms with E-state index >= 15 is 0 Å². The van der Waals surface area contributed by atoms with Crippen LogP contribution in [-0.2, 0) is 9.73 Å². The summed E-state index contributed by atoms with van der Waals surface area (Å²) in [4.78, 5) is 13.0. The van der Waals surface area contributed by atoms with Crippen molar-refractivity contribution in [2.75, 3.05) is 32.4 Å². The summed E-state index contributed by atoms with van der Waals surface area (Å²) in [5, 5.41) is 10.6. The van der Waals surface area contributed by atoms with Crippen molar-refractivity contribution in [1.82, 2.24) is 4.90 Å². The normalized spacial score (nSPS) is 13.9. The monoisotopic (exact) mass is 313 g/mol. The van der Waals surface area contributed by atoms with E-state index in [1.54, 1.807) is 19.2 Å². The van der Waals surface area contributed by atoms with Gasteiger partial charge in [-0.1, -0.05) is 13.8 Å². The van der Waals surface area contributed by atoms with Crippen molar-refractivity contribution >= 4 is 15.4 Å². The molecule has 0 aliphatic rings. The second kappa shape index (κ2) is 8.09. The average molecular weight is 313 g/mol. The van der Waals surface area contributed by atoms with Gasteiger partial charge in [-0.05, 0) is 38.2 Å². The molecule has 0 N–H and O–H groups in total. The first-order valence-electron chi connectivity index (χ1n) is 7.06. The minimum absolute atomic E-state index is 0.000237. The van der Waals surface area contributed by atoms with Gasteiger partial charge in [0, 0.05) is 29.8 Å². The Kier molecular flexibility index (Phi) is 6.77. The van der Waals surface area contributed by atoms with E-state index in [0.29, 0.717) is 10.6 Å². The molecule has 1 rings (SSSR count). The number of non-ortho nitro benzene ring substituents is 1. The number of hydrogen-bond acceptors (Lipinski definition) is 5. The van der Waals surface area contributed by atoms with Gasteiger partial charge in [0.05, 0.1) is 14.7 Å². The zero-order valence-electron chi connectivity index (χ0n) is 12.8. The summed E-state index contributed by atoms with van der Waals surface area (Å²) in [6, 6.07) is 5.85. The van der Waals surface area contributed by atoms with Crippen LogP contribution in [0.25, 0.3) is 0 Å². The Morgan fingerprint density at radius 1 is 1.24 bits per heavy atom. The minimum Gasteiger partial charge on any atom is -0.304 e. The van der Waals surface area contributed by atoms with E-state index in [4.69, 9.17) is 0 Å². The molecule has 1 aromatic rings. The molecule has 1 unspecified atom stereocenters. The van der Waals surface area contributed by atoms with Gasteiger partial charge < -0.3 is 4.90 Å². The Bertz CT molecular complexity index is 574. The summed E-state index contributed by atoms with van der Waals surface area (Å²) >= 11 is 0. The maximum absolute atomic E-state index is 12.8. The lowest BCUT2D eigenvalue weighted by atomic mass is 10.3. The van der Waals surface area contributed by atoms with Crippen LogP contribution >= 0.6 is 0 Å². The Balaban J connectivity index is 2.80. The van der Waals surface area contributed by atoms with Crippen LogP contribution in [0.15, 0.2) is 33.5 Å². The third kappa shape index (κ3) is 4.78. The van der Waals surface area contributed by atoms with Crippen LogP contribution in [0.3, 0.4) is 0 Å². The SMILES string of the molecule is CCN(CC)CCCS(=O)(=NC)c1ccc([N+](=O)[O-])cc1. The van der Waals surface area contributed by atoms with E-state index in [-0.39, 0.29) is 5.69 Å². The lowest BCUT2D eigenvalue weighted by Gasteiger charge is -2.18. The minimum atomic E-state index is -2.48. The van der Waals surface area contributed by atoms with E-state index < -0.39 is 14.7 Å². The van der Waals surface area contributed by atoms with Gasteiger partial charge in [0.15, 0.2) is 0 Å². The largest absolute Gasteiger partial charge is 0.304 e. The molecule has 0 saturated heterocycles. The van der Waals surface area contributed by atoms with Crippen molar-refractivity contribution in [2.24, 2.45) is 4.36 Å². The molecular formula is C14H23N3O3S. The van der Waals surface area contributed by atoms with Crippen LogP contribution in [0.4, 0.5) is 5.69 Å². The highest BCUT2D eigenvalue weighted by atomic mass is 32.2. The molecule has 21 heavy (non-hydrogen) atoms. The summed E-state index contributed by atoms with van der Waals surface area (Å²) < 4.78 is 16.9. The van der Waals surface area contributed by atoms with E-state index in [9.17, 15) is 14.3 Å². The highest BCUT2D eigenvalue weighted by molar-refractivity contribution is 7.93. The third-order valence-corrected chi connectivity index (χ3v) is 5.94. The topological polar surface area (TPSA) is 75.8 Å². The maximum atomic E-state index is 12.8. The Labute approximate surface area is 126 Å². The summed E-state index contributed by atoms with van der Waals surface area (Å²) in [6.45, 7) is 7.02. The molecule has 0 aliphatic carbocycles. The van der Waals surface area contributed by atoms with Gasteiger partial charge in [-0.2, -0.15) is 0 Å². The first-order valence-corrected chi connectivity index (χ1v) is 8.75. The molecule has 0 bridgehead atoms. The fourth-order valence-corrected chi connectivity index (χ4v) is 3.83. The Morgan fingerprint density at radius 3 is 2.24 bits per heavy atom. The van der Waals surface area contributed by atoms with E-state index in [1.165, 1.54) is 12.1 Å². The van der Waals surface area contributed by atoms with Crippen molar-refractivity contribution in [3.63, 3.8) is 0 Å². The van der Waals surface area contributed by atoms with Crippen LogP contribution in [0, 0.1) is 10.1 Å². The fraction of sp³-hybridized carbons (Fsp3) is 0.571. The molecule has 0 aliphatic heterocycles. The average Bonchev–Trinajstić information content (AvgIpc) is 2.51. The molecule has 0 spiro atoms. The zero-order chi connectivity index (χ0) is 15.9. The van der Waals surface area contributed by atoms with Gasteiger partial charge in [-0.3, -0.25) is 10.1 Å². The molecule has 0 fully saturated rings. The number of hydrogen-bond donors (Lipinski definition) is 0. The number of nitro groups is 1. The first kappa shape index (κ1) is 17.6.